The summed E-state index contributed by atoms with van der Waals surface area (Å²) in [7, 11) is 0. The van der Waals surface area contributed by atoms with Crippen LogP contribution in [0.5, 0.6) is 0 Å². The van der Waals surface area contributed by atoms with Crippen LogP contribution in [0.25, 0.3) is 0 Å². The summed E-state index contributed by atoms with van der Waals surface area (Å²) in [4.78, 5) is 13.6. The van der Waals surface area contributed by atoms with E-state index in [9.17, 15) is 9.90 Å². The van der Waals surface area contributed by atoms with E-state index in [1.165, 1.54) is 6.07 Å². The van der Waals surface area contributed by atoms with E-state index < -0.39 is 0 Å². The van der Waals surface area contributed by atoms with E-state index in [0.717, 1.165) is 25.7 Å². The molecule has 0 aromatic carbocycles. The zero-order chi connectivity index (χ0) is 10.8. The molecule has 1 saturated carbocycles. The third-order valence-electron chi connectivity index (χ3n) is 2.90. The first-order valence-electron chi connectivity index (χ1n) is 5.18. The van der Waals surface area contributed by atoms with Gasteiger partial charge in [0.1, 0.15) is 0 Å². The zero-order valence-corrected chi connectivity index (χ0v) is 9.17. The smallest absolute Gasteiger partial charge is 0.251 e. The fraction of sp³-hybridized carbons (Fsp3) is 0.600. The maximum atomic E-state index is 11.0. The van der Waals surface area contributed by atoms with Gasteiger partial charge in [0.2, 0.25) is 0 Å². The van der Waals surface area contributed by atoms with Gasteiger partial charge in [-0.05, 0) is 25.1 Å². The van der Waals surface area contributed by atoms with Crippen LogP contribution in [0.15, 0.2) is 17.1 Å². The van der Waals surface area contributed by atoms with Crippen molar-refractivity contribution >= 4 is 12.2 Å². The third-order valence-corrected chi connectivity index (χ3v) is 3.22. The van der Waals surface area contributed by atoms with Crippen LogP contribution in [0.3, 0.4) is 0 Å². The van der Waals surface area contributed by atoms with Crippen LogP contribution in [-0.4, -0.2) is 20.8 Å². The van der Waals surface area contributed by atoms with E-state index in [4.69, 9.17) is 12.2 Å². The van der Waals surface area contributed by atoms with Gasteiger partial charge >= 0.3 is 0 Å². The summed E-state index contributed by atoms with van der Waals surface area (Å²) in [6, 6.07) is 1.46. The molecule has 15 heavy (non-hydrogen) atoms. The highest BCUT2D eigenvalue weighted by molar-refractivity contribution is 7.71. The number of H-pyrrole nitrogens is 1. The van der Waals surface area contributed by atoms with Gasteiger partial charge in [0.25, 0.3) is 5.56 Å². The van der Waals surface area contributed by atoms with Crippen molar-refractivity contribution in [1.29, 1.82) is 0 Å². The van der Waals surface area contributed by atoms with Gasteiger partial charge in [-0.1, -0.05) is 12.8 Å². The number of aromatic amines is 1. The Morgan fingerprint density at radius 2 is 2.20 bits per heavy atom. The van der Waals surface area contributed by atoms with Crippen molar-refractivity contribution in [3.05, 3.63) is 27.4 Å². The average molecular weight is 226 g/mol. The summed E-state index contributed by atoms with van der Waals surface area (Å²) in [5.74, 6) is 0. The highest BCUT2D eigenvalue weighted by Crippen LogP contribution is 2.28. The molecule has 1 aromatic rings. The van der Waals surface area contributed by atoms with Crippen molar-refractivity contribution in [3.8, 4) is 0 Å². The molecule has 2 atom stereocenters. The van der Waals surface area contributed by atoms with Gasteiger partial charge in [-0.25, -0.2) is 0 Å². The largest absolute Gasteiger partial charge is 0.391 e. The molecular weight excluding hydrogens is 212 g/mol. The molecule has 82 valence electrons. The van der Waals surface area contributed by atoms with Gasteiger partial charge in [-0.2, -0.15) is 0 Å². The number of nitrogens with zero attached hydrogens (tertiary/aromatic N) is 1. The molecule has 5 heteroatoms. The highest BCUT2D eigenvalue weighted by Gasteiger charge is 2.24. The first-order chi connectivity index (χ1) is 7.18. The molecule has 0 saturated heterocycles. The maximum absolute atomic E-state index is 11.0. The van der Waals surface area contributed by atoms with E-state index >= 15 is 0 Å². The first kappa shape index (κ1) is 10.6. The van der Waals surface area contributed by atoms with E-state index in [-0.39, 0.29) is 17.7 Å². The molecule has 2 N–H and O–H groups in total. The van der Waals surface area contributed by atoms with Crippen LogP contribution >= 0.6 is 12.2 Å². The van der Waals surface area contributed by atoms with E-state index in [1.807, 2.05) is 0 Å². The van der Waals surface area contributed by atoms with Crippen LogP contribution in [0, 0.1) is 4.77 Å². The number of aliphatic hydroxyl groups excluding tert-OH is 1. The highest BCUT2D eigenvalue weighted by atomic mass is 32.1. The van der Waals surface area contributed by atoms with Gasteiger partial charge < -0.3 is 9.67 Å². The zero-order valence-electron chi connectivity index (χ0n) is 8.35. The van der Waals surface area contributed by atoms with Crippen molar-refractivity contribution in [2.75, 3.05) is 0 Å². The lowest BCUT2D eigenvalue weighted by Gasteiger charge is -2.29. The Morgan fingerprint density at radius 3 is 2.87 bits per heavy atom. The molecule has 2 unspecified atom stereocenters. The Balaban J connectivity index is 2.36. The summed E-state index contributed by atoms with van der Waals surface area (Å²) in [6.45, 7) is 0. The lowest BCUT2D eigenvalue weighted by molar-refractivity contribution is 0.0740. The lowest BCUT2D eigenvalue weighted by atomic mass is 9.92. The Labute approximate surface area is 92.6 Å². The number of aromatic nitrogens is 2. The van der Waals surface area contributed by atoms with Gasteiger partial charge in [0.05, 0.1) is 12.1 Å². The third kappa shape index (κ3) is 2.18. The van der Waals surface area contributed by atoms with Gasteiger partial charge in [-0.15, -0.1) is 0 Å². The molecule has 0 bridgehead atoms. The molecule has 0 amide bonds. The number of aliphatic hydroxyl groups is 1. The van der Waals surface area contributed by atoms with Gasteiger partial charge in [0, 0.05) is 12.3 Å². The van der Waals surface area contributed by atoms with Crippen LogP contribution in [0.4, 0.5) is 0 Å². The van der Waals surface area contributed by atoms with Crippen LogP contribution in [0.1, 0.15) is 31.7 Å². The Kier molecular flexibility index (Phi) is 3.02. The molecular formula is C10H14N2O2S. The van der Waals surface area contributed by atoms with E-state index in [1.54, 1.807) is 10.8 Å². The second kappa shape index (κ2) is 4.28. The monoisotopic (exact) mass is 226 g/mol. The average Bonchev–Trinajstić information content (AvgIpc) is 2.20. The Hall–Kier alpha value is -0.940. The standard InChI is InChI=1S/C10H14N2O2S/c13-8-4-2-1-3-7(8)12-6-5-9(14)11-10(12)15/h5-8,13H,1-4H2,(H,11,14,15). The fourth-order valence-electron chi connectivity index (χ4n) is 2.10. The Bertz CT molecular complexity index is 451. The summed E-state index contributed by atoms with van der Waals surface area (Å²) >= 11 is 5.07. The number of rotatable bonds is 1. The van der Waals surface area contributed by atoms with Crippen molar-refractivity contribution in [1.82, 2.24) is 9.55 Å². The number of hydrogen-bond donors (Lipinski definition) is 2. The van der Waals surface area contributed by atoms with Crippen LogP contribution in [0.2, 0.25) is 0 Å². The van der Waals surface area contributed by atoms with Crippen LogP contribution < -0.4 is 5.56 Å². The quantitative estimate of drug-likeness (QED) is 0.711. The number of nitrogens with one attached hydrogen (secondary N) is 1. The lowest BCUT2D eigenvalue weighted by Crippen LogP contribution is -2.29. The second-order valence-electron chi connectivity index (χ2n) is 3.94. The minimum absolute atomic E-state index is 0.0168. The molecule has 0 spiro atoms. The Morgan fingerprint density at radius 1 is 1.47 bits per heavy atom. The summed E-state index contributed by atoms with van der Waals surface area (Å²) in [6.07, 6.45) is 5.21. The second-order valence-corrected chi connectivity index (χ2v) is 4.32. The minimum atomic E-state index is -0.351. The first-order valence-corrected chi connectivity index (χ1v) is 5.59. The molecule has 1 aromatic heterocycles. The van der Waals surface area contributed by atoms with Gasteiger partial charge in [-0.3, -0.25) is 9.78 Å². The summed E-state index contributed by atoms with van der Waals surface area (Å²) < 4.78 is 2.19. The van der Waals surface area contributed by atoms with Crippen molar-refractivity contribution in [2.24, 2.45) is 0 Å². The minimum Gasteiger partial charge on any atom is -0.391 e. The molecule has 1 fully saturated rings. The molecule has 1 aliphatic carbocycles. The van der Waals surface area contributed by atoms with Crippen molar-refractivity contribution < 1.29 is 5.11 Å². The summed E-state index contributed by atoms with van der Waals surface area (Å²) in [5, 5.41) is 9.86. The summed E-state index contributed by atoms with van der Waals surface area (Å²) in [5.41, 5.74) is -0.193. The normalized spacial score (nSPS) is 26.5. The molecule has 1 aliphatic rings. The number of hydrogen-bond acceptors (Lipinski definition) is 3. The van der Waals surface area contributed by atoms with Gasteiger partial charge in [0.15, 0.2) is 4.77 Å². The van der Waals surface area contributed by atoms with Crippen molar-refractivity contribution in [3.63, 3.8) is 0 Å². The topological polar surface area (TPSA) is 58.0 Å². The predicted molar refractivity (Wildman–Crippen MR) is 59.4 cm³/mol. The molecule has 1 heterocycles. The van der Waals surface area contributed by atoms with Crippen LogP contribution in [-0.2, 0) is 0 Å². The fourth-order valence-corrected chi connectivity index (χ4v) is 2.40. The predicted octanol–water partition coefficient (Wildman–Crippen LogP) is 1.38. The molecule has 4 nitrogen and oxygen atoms in total. The SMILES string of the molecule is O=c1ccn(C2CCCCC2O)c(=S)[nH]1. The molecule has 0 radical (unpaired) electrons. The van der Waals surface area contributed by atoms with E-state index in [2.05, 4.69) is 4.98 Å². The van der Waals surface area contributed by atoms with Crippen molar-refractivity contribution in [2.45, 2.75) is 37.8 Å². The molecule has 0 aliphatic heterocycles. The molecule has 2 rings (SSSR count). The van der Waals surface area contributed by atoms with E-state index in [0.29, 0.717) is 4.77 Å². The maximum Gasteiger partial charge on any atom is 0.251 e.